The van der Waals surface area contributed by atoms with E-state index in [0.717, 1.165) is 5.96 Å². The third-order valence-corrected chi connectivity index (χ3v) is 3.97. The van der Waals surface area contributed by atoms with E-state index in [9.17, 15) is 0 Å². The van der Waals surface area contributed by atoms with Gasteiger partial charge >= 0.3 is 0 Å². The van der Waals surface area contributed by atoms with Crippen LogP contribution in [-0.4, -0.2) is 30.0 Å². The van der Waals surface area contributed by atoms with Gasteiger partial charge in [0.25, 0.3) is 0 Å². The van der Waals surface area contributed by atoms with Crippen LogP contribution >= 0.6 is 0 Å². The maximum absolute atomic E-state index is 5.60. The van der Waals surface area contributed by atoms with Crippen molar-refractivity contribution in [2.75, 3.05) is 7.05 Å². The summed E-state index contributed by atoms with van der Waals surface area (Å²) in [7, 11) is 2.11. The predicted octanol–water partition coefficient (Wildman–Crippen LogP) is 1.62. The topological polar surface area (TPSA) is 53.6 Å². The molecule has 0 saturated heterocycles. The second-order valence-electron chi connectivity index (χ2n) is 5.08. The summed E-state index contributed by atoms with van der Waals surface area (Å²) in [5.41, 5.74) is 2.78. The molecule has 0 amide bonds. The molecular formula is C12H24N4. The highest BCUT2D eigenvalue weighted by molar-refractivity contribution is 5.79. The fourth-order valence-electron chi connectivity index (χ4n) is 2.90. The molecule has 0 spiro atoms. The lowest BCUT2D eigenvalue weighted by molar-refractivity contribution is 0.357. The molecule has 0 bridgehead atoms. The van der Waals surface area contributed by atoms with Crippen LogP contribution in [0.5, 0.6) is 0 Å². The number of hydrogen-bond donors (Lipinski definition) is 2. The van der Waals surface area contributed by atoms with Gasteiger partial charge in [-0.15, -0.1) is 0 Å². The van der Waals surface area contributed by atoms with Crippen LogP contribution in [0.15, 0.2) is 4.99 Å². The quantitative estimate of drug-likeness (QED) is 0.324. The third kappa shape index (κ3) is 2.67. The summed E-state index contributed by atoms with van der Waals surface area (Å²) in [6, 6.07) is 1.13. The van der Waals surface area contributed by atoms with Gasteiger partial charge in [0.1, 0.15) is 0 Å². The molecule has 2 rings (SSSR count). The van der Waals surface area contributed by atoms with Crippen LogP contribution in [0.3, 0.4) is 0 Å². The molecule has 4 heteroatoms. The van der Waals surface area contributed by atoms with Crippen LogP contribution < -0.4 is 11.3 Å². The number of hydrogen-bond acceptors (Lipinski definition) is 2. The van der Waals surface area contributed by atoms with Crippen molar-refractivity contribution in [3.63, 3.8) is 0 Å². The summed E-state index contributed by atoms with van der Waals surface area (Å²) in [5, 5.41) is 0. The van der Waals surface area contributed by atoms with Crippen molar-refractivity contribution >= 4 is 5.96 Å². The number of rotatable bonds is 2. The van der Waals surface area contributed by atoms with Crippen molar-refractivity contribution in [3.8, 4) is 0 Å². The van der Waals surface area contributed by atoms with Crippen LogP contribution in [0.1, 0.15) is 51.4 Å². The van der Waals surface area contributed by atoms with Crippen LogP contribution in [0.2, 0.25) is 0 Å². The van der Waals surface area contributed by atoms with Crippen molar-refractivity contribution < 1.29 is 0 Å². The maximum atomic E-state index is 5.60. The highest BCUT2D eigenvalue weighted by atomic mass is 15.4. The average Bonchev–Trinajstić information content (AvgIpc) is 2.97. The molecule has 2 aliphatic rings. The minimum absolute atomic E-state index is 0.495. The number of nitrogens with one attached hydrogen (secondary N) is 1. The molecule has 16 heavy (non-hydrogen) atoms. The standard InChI is InChI=1S/C12H24N4/c1-16(11-8-4-5-9-11)12(15-13)14-10-6-2-3-7-10/h10-11H,2-9,13H2,1H3,(H,14,15). The Morgan fingerprint density at radius 3 is 2.25 bits per heavy atom. The number of aliphatic imine (C=N–C) groups is 1. The Morgan fingerprint density at radius 1 is 1.12 bits per heavy atom. The van der Waals surface area contributed by atoms with E-state index in [1.165, 1.54) is 51.4 Å². The molecule has 92 valence electrons. The third-order valence-electron chi connectivity index (χ3n) is 3.97. The van der Waals surface area contributed by atoms with Gasteiger partial charge in [0.2, 0.25) is 5.96 Å². The highest BCUT2D eigenvalue weighted by Crippen LogP contribution is 2.24. The zero-order valence-corrected chi connectivity index (χ0v) is 10.3. The van der Waals surface area contributed by atoms with E-state index < -0.39 is 0 Å². The van der Waals surface area contributed by atoms with E-state index in [-0.39, 0.29) is 0 Å². The molecule has 0 aliphatic heterocycles. The minimum Gasteiger partial charge on any atom is -0.342 e. The molecule has 2 fully saturated rings. The van der Waals surface area contributed by atoms with Gasteiger partial charge in [-0.3, -0.25) is 5.43 Å². The van der Waals surface area contributed by atoms with E-state index in [4.69, 9.17) is 10.8 Å². The van der Waals surface area contributed by atoms with Crippen LogP contribution in [0.4, 0.5) is 0 Å². The predicted molar refractivity (Wildman–Crippen MR) is 67.0 cm³/mol. The fraction of sp³-hybridized carbons (Fsp3) is 0.917. The molecule has 0 atom stereocenters. The van der Waals surface area contributed by atoms with Crippen molar-refractivity contribution in [2.45, 2.75) is 63.5 Å². The first-order valence-corrected chi connectivity index (χ1v) is 6.58. The van der Waals surface area contributed by atoms with Gasteiger partial charge in [-0.25, -0.2) is 10.8 Å². The Balaban J connectivity index is 1.96. The average molecular weight is 224 g/mol. The van der Waals surface area contributed by atoms with E-state index in [1.807, 2.05) is 0 Å². The molecule has 3 N–H and O–H groups in total. The van der Waals surface area contributed by atoms with Crippen LogP contribution in [-0.2, 0) is 0 Å². The fourth-order valence-corrected chi connectivity index (χ4v) is 2.90. The Labute approximate surface area is 98.3 Å². The molecule has 0 aromatic carbocycles. The van der Waals surface area contributed by atoms with Crippen molar-refractivity contribution in [3.05, 3.63) is 0 Å². The largest absolute Gasteiger partial charge is 0.342 e. The van der Waals surface area contributed by atoms with Crippen LogP contribution in [0.25, 0.3) is 0 Å². The second kappa shape index (κ2) is 5.53. The highest BCUT2D eigenvalue weighted by Gasteiger charge is 2.23. The van der Waals surface area contributed by atoms with Gasteiger partial charge in [-0.2, -0.15) is 0 Å². The molecule has 0 heterocycles. The zero-order valence-electron chi connectivity index (χ0n) is 10.3. The number of guanidine groups is 1. The summed E-state index contributed by atoms with van der Waals surface area (Å²) in [5.74, 6) is 6.48. The number of nitrogens with zero attached hydrogens (tertiary/aromatic N) is 2. The Hall–Kier alpha value is -0.770. The molecular weight excluding hydrogens is 200 g/mol. The first kappa shape index (κ1) is 11.7. The van der Waals surface area contributed by atoms with Crippen molar-refractivity contribution in [1.82, 2.24) is 10.3 Å². The number of hydrazine groups is 1. The van der Waals surface area contributed by atoms with Gasteiger partial charge in [0, 0.05) is 13.1 Å². The molecule has 0 radical (unpaired) electrons. The molecule has 0 unspecified atom stereocenters. The Morgan fingerprint density at radius 2 is 1.69 bits per heavy atom. The van der Waals surface area contributed by atoms with E-state index in [2.05, 4.69) is 17.4 Å². The van der Waals surface area contributed by atoms with E-state index >= 15 is 0 Å². The number of nitrogens with two attached hydrogens (primary N) is 1. The maximum Gasteiger partial charge on any atom is 0.208 e. The monoisotopic (exact) mass is 224 g/mol. The molecule has 0 aromatic rings. The summed E-state index contributed by atoms with van der Waals surface area (Å²) in [6.07, 6.45) is 10.3. The summed E-state index contributed by atoms with van der Waals surface area (Å²) in [6.45, 7) is 0. The van der Waals surface area contributed by atoms with E-state index in [1.54, 1.807) is 0 Å². The summed E-state index contributed by atoms with van der Waals surface area (Å²) >= 11 is 0. The lowest BCUT2D eigenvalue weighted by Gasteiger charge is -2.27. The van der Waals surface area contributed by atoms with Crippen molar-refractivity contribution in [1.29, 1.82) is 0 Å². The first-order valence-electron chi connectivity index (χ1n) is 6.58. The van der Waals surface area contributed by atoms with Gasteiger partial charge in [-0.05, 0) is 25.7 Å². The Bertz CT molecular complexity index is 239. The van der Waals surface area contributed by atoms with Gasteiger partial charge < -0.3 is 4.90 Å². The molecule has 4 nitrogen and oxygen atoms in total. The zero-order chi connectivity index (χ0) is 11.4. The van der Waals surface area contributed by atoms with Crippen LogP contribution in [0, 0.1) is 0 Å². The normalized spacial score (nSPS) is 24.0. The van der Waals surface area contributed by atoms with Gasteiger partial charge in [0.15, 0.2) is 0 Å². The molecule has 2 aliphatic carbocycles. The van der Waals surface area contributed by atoms with E-state index in [0.29, 0.717) is 12.1 Å². The SMILES string of the molecule is CN(C(=NC1CCCC1)NN)C1CCCC1. The Kier molecular flexibility index (Phi) is 4.04. The molecule has 0 aromatic heterocycles. The molecule has 2 saturated carbocycles. The summed E-state index contributed by atoms with van der Waals surface area (Å²) in [4.78, 5) is 6.99. The van der Waals surface area contributed by atoms with Gasteiger partial charge in [0.05, 0.1) is 6.04 Å². The second-order valence-corrected chi connectivity index (χ2v) is 5.08. The minimum atomic E-state index is 0.495. The lowest BCUT2D eigenvalue weighted by Crippen LogP contribution is -2.47. The first-order chi connectivity index (χ1) is 7.81. The lowest BCUT2D eigenvalue weighted by atomic mass is 10.2. The van der Waals surface area contributed by atoms with Crippen molar-refractivity contribution in [2.24, 2.45) is 10.8 Å². The smallest absolute Gasteiger partial charge is 0.208 e. The van der Waals surface area contributed by atoms with Gasteiger partial charge in [-0.1, -0.05) is 25.7 Å². The summed E-state index contributed by atoms with van der Waals surface area (Å²) < 4.78 is 0.